The first-order valence-electron chi connectivity index (χ1n) is 12.1. The summed E-state index contributed by atoms with van der Waals surface area (Å²) in [6, 6.07) is 11.0. The van der Waals surface area contributed by atoms with Gasteiger partial charge in [-0.2, -0.15) is 5.26 Å². The number of anilines is 2. The summed E-state index contributed by atoms with van der Waals surface area (Å²) >= 11 is 0. The topological polar surface area (TPSA) is 89.3 Å². The molecule has 0 saturated carbocycles. The van der Waals surface area contributed by atoms with Gasteiger partial charge in [0, 0.05) is 70.4 Å². The number of rotatable bonds is 11. The van der Waals surface area contributed by atoms with Crippen molar-refractivity contribution >= 4 is 11.5 Å². The van der Waals surface area contributed by atoms with Crippen LogP contribution in [0.1, 0.15) is 37.7 Å². The van der Waals surface area contributed by atoms with Crippen LogP contribution in [0.5, 0.6) is 0 Å². The van der Waals surface area contributed by atoms with E-state index in [4.69, 9.17) is 10.00 Å². The molecule has 0 radical (unpaired) electrons. The van der Waals surface area contributed by atoms with Crippen molar-refractivity contribution in [1.82, 2.24) is 20.2 Å². The molecule has 1 fully saturated rings. The molecule has 0 amide bonds. The smallest absolute Gasteiger partial charge is 0.234 e. The second kappa shape index (κ2) is 12.7. The molecule has 1 aliphatic heterocycles. The summed E-state index contributed by atoms with van der Waals surface area (Å²) in [6.45, 7) is 14.9. The highest BCUT2D eigenvalue weighted by atomic mass is 16.5. The predicted octanol–water partition coefficient (Wildman–Crippen LogP) is 2.91. The van der Waals surface area contributed by atoms with Gasteiger partial charge in [-0.3, -0.25) is 4.90 Å². The highest BCUT2D eigenvalue weighted by Crippen LogP contribution is 2.19. The van der Waals surface area contributed by atoms with Crippen molar-refractivity contribution in [3.63, 3.8) is 0 Å². The molecule has 1 aliphatic rings. The van der Waals surface area contributed by atoms with E-state index in [1.165, 1.54) is 11.3 Å². The van der Waals surface area contributed by atoms with E-state index in [9.17, 15) is 0 Å². The van der Waals surface area contributed by atoms with Crippen molar-refractivity contribution in [2.24, 2.45) is 5.41 Å². The van der Waals surface area contributed by atoms with Crippen LogP contribution in [0.25, 0.3) is 0 Å². The molecule has 184 valence electrons. The molecule has 8 nitrogen and oxygen atoms in total. The monoisotopic (exact) mass is 465 g/mol. The third-order valence-corrected chi connectivity index (χ3v) is 5.94. The van der Waals surface area contributed by atoms with E-state index < -0.39 is 0 Å². The Morgan fingerprint density at radius 1 is 1.12 bits per heavy atom. The zero-order valence-electron chi connectivity index (χ0n) is 21.1. The van der Waals surface area contributed by atoms with E-state index >= 15 is 0 Å². The molecule has 8 heteroatoms. The number of aromatic nitrogens is 2. The van der Waals surface area contributed by atoms with Gasteiger partial charge in [-0.25, -0.2) is 9.97 Å². The number of ether oxygens (including phenoxy) is 1. The molecule has 1 aromatic carbocycles. The Bertz CT molecular complexity index is 926. The van der Waals surface area contributed by atoms with Crippen LogP contribution in [-0.2, 0) is 17.7 Å². The Morgan fingerprint density at radius 2 is 1.85 bits per heavy atom. The van der Waals surface area contributed by atoms with E-state index in [1.54, 1.807) is 13.3 Å². The Morgan fingerprint density at radius 3 is 2.50 bits per heavy atom. The normalized spacial score (nSPS) is 14.7. The fraction of sp³-hybridized carbons (Fsp3) is 0.577. The largest absolute Gasteiger partial charge is 0.383 e. The minimum Gasteiger partial charge on any atom is -0.383 e. The van der Waals surface area contributed by atoms with Gasteiger partial charge in [0.15, 0.2) is 0 Å². The van der Waals surface area contributed by atoms with Gasteiger partial charge >= 0.3 is 0 Å². The fourth-order valence-corrected chi connectivity index (χ4v) is 3.87. The number of nitrogens with one attached hydrogen (secondary N) is 2. The molecule has 0 bridgehead atoms. The maximum absolute atomic E-state index is 9.14. The molecule has 1 aromatic heterocycles. The molecule has 2 N–H and O–H groups in total. The summed E-state index contributed by atoms with van der Waals surface area (Å²) in [4.78, 5) is 13.4. The second-order valence-electron chi connectivity index (χ2n) is 10.0. The van der Waals surface area contributed by atoms with Crippen LogP contribution in [-0.4, -0.2) is 74.4 Å². The lowest BCUT2D eigenvalue weighted by Crippen LogP contribution is -2.47. The van der Waals surface area contributed by atoms with Crippen LogP contribution >= 0.6 is 0 Å². The van der Waals surface area contributed by atoms with E-state index in [0.717, 1.165) is 70.2 Å². The van der Waals surface area contributed by atoms with Gasteiger partial charge in [-0.05, 0) is 36.1 Å². The molecule has 0 spiro atoms. The molecule has 2 heterocycles. The lowest BCUT2D eigenvalue weighted by atomic mass is 9.97. The molecule has 3 rings (SSSR count). The molecular formula is C26H39N7O. The number of methoxy groups -OCH3 is 1. The molecular weight excluding hydrogens is 426 g/mol. The average Bonchev–Trinajstić information content (AvgIpc) is 2.84. The van der Waals surface area contributed by atoms with Gasteiger partial charge in [-0.1, -0.05) is 32.9 Å². The predicted molar refractivity (Wildman–Crippen MR) is 137 cm³/mol. The van der Waals surface area contributed by atoms with Crippen molar-refractivity contribution in [3.05, 3.63) is 47.4 Å². The van der Waals surface area contributed by atoms with E-state index in [1.807, 2.05) is 6.07 Å². The first kappa shape index (κ1) is 25.9. The summed E-state index contributed by atoms with van der Waals surface area (Å²) in [6.07, 6.45) is 2.69. The van der Waals surface area contributed by atoms with Gasteiger partial charge in [0.05, 0.1) is 6.61 Å². The van der Waals surface area contributed by atoms with Gasteiger partial charge in [-0.15, -0.1) is 0 Å². The Balaban J connectivity index is 1.45. The lowest BCUT2D eigenvalue weighted by Gasteiger charge is -2.36. The summed E-state index contributed by atoms with van der Waals surface area (Å²) in [7, 11) is 1.76. The van der Waals surface area contributed by atoms with Crippen molar-refractivity contribution in [3.8, 4) is 6.07 Å². The van der Waals surface area contributed by atoms with Crippen LogP contribution in [0, 0.1) is 16.7 Å². The molecule has 0 aliphatic carbocycles. The van der Waals surface area contributed by atoms with Crippen molar-refractivity contribution in [2.45, 2.75) is 33.7 Å². The van der Waals surface area contributed by atoms with Crippen LogP contribution < -0.4 is 15.5 Å². The molecule has 34 heavy (non-hydrogen) atoms. The van der Waals surface area contributed by atoms with Crippen LogP contribution in [0.4, 0.5) is 11.5 Å². The zero-order valence-corrected chi connectivity index (χ0v) is 21.1. The van der Waals surface area contributed by atoms with Crippen molar-refractivity contribution < 1.29 is 4.74 Å². The fourth-order valence-electron chi connectivity index (χ4n) is 3.87. The summed E-state index contributed by atoms with van der Waals surface area (Å²) in [5.41, 5.74) is 3.71. The van der Waals surface area contributed by atoms with Crippen molar-refractivity contribution in [1.29, 1.82) is 5.26 Å². The number of nitrogens with zero attached hydrogens (tertiary/aromatic N) is 5. The summed E-state index contributed by atoms with van der Waals surface area (Å²) in [5, 5.41) is 16.0. The zero-order chi connectivity index (χ0) is 24.4. The third-order valence-electron chi connectivity index (χ3n) is 5.94. The first-order chi connectivity index (χ1) is 16.4. The number of benzene rings is 1. The molecule has 0 unspecified atom stereocenters. The quantitative estimate of drug-likeness (QED) is 0.490. The number of nitriles is 1. The lowest BCUT2D eigenvalue weighted by molar-refractivity contribution is 0.144. The van der Waals surface area contributed by atoms with E-state index in [2.05, 4.69) is 75.4 Å². The van der Waals surface area contributed by atoms with E-state index in [-0.39, 0.29) is 11.2 Å². The van der Waals surface area contributed by atoms with Gasteiger partial charge < -0.3 is 20.3 Å². The third kappa shape index (κ3) is 8.24. The SMILES string of the molecule is COCCN1CCN(c2ccc(CCNCc3cnc(C#N)nc3NCC(C)(C)C)cc2)CC1. The standard InChI is InChI=1S/C26H39N7O/c1-26(2,3)20-30-25-22(19-29-24(17-27)31-25)18-28-10-9-21-5-7-23(8-6-21)33-13-11-32(12-14-33)15-16-34-4/h5-8,19,28H,9-16,18,20H2,1-4H3,(H,29,30,31). The molecule has 1 saturated heterocycles. The average molecular weight is 466 g/mol. The first-order valence-corrected chi connectivity index (χ1v) is 12.1. The minimum atomic E-state index is 0.117. The Hall–Kier alpha value is -2.73. The summed E-state index contributed by atoms with van der Waals surface area (Å²) < 4.78 is 5.19. The maximum Gasteiger partial charge on any atom is 0.234 e. The summed E-state index contributed by atoms with van der Waals surface area (Å²) in [5.74, 6) is 0.928. The number of piperazine rings is 1. The number of hydrogen-bond acceptors (Lipinski definition) is 8. The molecule has 2 aromatic rings. The minimum absolute atomic E-state index is 0.117. The van der Waals surface area contributed by atoms with Crippen molar-refractivity contribution in [2.75, 3.05) is 69.7 Å². The van der Waals surface area contributed by atoms with Crippen LogP contribution in [0.15, 0.2) is 30.5 Å². The van der Waals surface area contributed by atoms with Gasteiger partial charge in [0.25, 0.3) is 0 Å². The van der Waals surface area contributed by atoms with Gasteiger partial charge in [0.1, 0.15) is 11.9 Å². The second-order valence-corrected chi connectivity index (χ2v) is 10.0. The number of hydrogen-bond donors (Lipinski definition) is 2. The maximum atomic E-state index is 9.14. The van der Waals surface area contributed by atoms with E-state index in [0.29, 0.717) is 6.54 Å². The van der Waals surface area contributed by atoms with Crippen LogP contribution in [0.3, 0.4) is 0 Å². The highest BCUT2D eigenvalue weighted by Gasteiger charge is 2.17. The highest BCUT2D eigenvalue weighted by molar-refractivity contribution is 5.48. The van der Waals surface area contributed by atoms with Gasteiger partial charge in [0.2, 0.25) is 5.82 Å². The molecule has 0 atom stereocenters. The Labute approximate surface area is 204 Å². The van der Waals surface area contributed by atoms with Crippen LogP contribution in [0.2, 0.25) is 0 Å². The Kier molecular flexibility index (Phi) is 9.63.